The van der Waals surface area contributed by atoms with Gasteiger partial charge in [-0.25, -0.2) is 0 Å². The second-order valence-corrected chi connectivity index (χ2v) is 6.09. The van der Waals surface area contributed by atoms with Crippen LogP contribution in [0.5, 0.6) is 0 Å². The molecule has 2 nitrogen and oxygen atoms in total. The van der Waals surface area contributed by atoms with Crippen molar-refractivity contribution >= 4 is 36.4 Å². The normalized spacial score (nSPS) is 16.9. The summed E-state index contributed by atoms with van der Waals surface area (Å²) < 4.78 is 38.5. The van der Waals surface area contributed by atoms with Gasteiger partial charge in [0.15, 0.2) is 0 Å². The first-order chi connectivity index (χ1) is 10.4. The summed E-state index contributed by atoms with van der Waals surface area (Å²) in [5, 5.41) is 3.09. The summed E-state index contributed by atoms with van der Waals surface area (Å²) in [6.45, 7) is 5.77. The Morgan fingerprint density at radius 1 is 1.21 bits per heavy atom. The Bertz CT molecular complexity index is 492. The van der Waals surface area contributed by atoms with Gasteiger partial charge in [-0.15, -0.1) is 24.8 Å². The Hall–Kier alpha value is -0.200. The van der Waals surface area contributed by atoms with E-state index in [0.717, 1.165) is 57.1 Å². The van der Waals surface area contributed by atoms with Crippen LogP contribution < -0.4 is 5.32 Å². The third-order valence-corrected chi connectivity index (χ3v) is 4.42. The minimum Gasteiger partial charge on any atom is -0.314 e. The number of hydrogen-bond acceptors (Lipinski definition) is 2. The molecular weight excluding hydrogens is 384 g/mol. The van der Waals surface area contributed by atoms with Gasteiger partial charge in [-0.05, 0) is 24.1 Å². The molecule has 0 aliphatic carbocycles. The van der Waals surface area contributed by atoms with Crippen LogP contribution in [0.4, 0.5) is 13.2 Å². The van der Waals surface area contributed by atoms with Gasteiger partial charge >= 0.3 is 6.18 Å². The maximum atomic E-state index is 12.8. The fourth-order valence-electron chi connectivity index (χ4n) is 2.92. The maximum absolute atomic E-state index is 12.8. The summed E-state index contributed by atoms with van der Waals surface area (Å²) >= 11 is 5.88. The minimum atomic E-state index is -4.40. The Kier molecular flexibility index (Phi) is 10.6. The molecule has 2 rings (SSSR count). The van der Waals surface area contributed by atoms with Crippen molar-refractivity contribution in [3.05, 3.63) is 34.3 Å². The molecule has 1 aromatic rings. The highest BCUT2D eigenvalue weighted by atomic mass is 35.5. The first kappa shape index (κ1) is 23.8. The fourth-order valence-corrected chi connectivity index (χ4v) is 3.22. The lowest BCUT2D eigenvalue weighted by atomic mass is 9.97. The van der Waals surface area contributed by atoms with E-state index in [9.17, 15) is 13.2 Å². The monoisotopic (exact) mass is 406 g/mol. The van der Waals surface area contributed by atoms with E-state index in [-0.39, 0.29) is 35.9 Å². The van der Waals surface area contributed by atoms with Gasteiger partial charge in [0.05, 0.1) is 10.6 Å². The highest BCUT2D eigenvalue weighted by Crippen LogP contribution is 2.37. The predicted molar refractivity (Wildman–Crippen MR) is 97.7 cm³/mol. The topological polar surface area (TPSA) is 15.3 Å². The zero-order valence-electron chi connectivity index (χ0n) is 13.5. The molecule has 0 radical (unpaired) electrons. The second kappa shape index (κ2) is 10.7. The SMILES string of the molecule is CCCC[C@H](c1ccc(C(F)(F)F)c(Cl)c1)N1CCNCC1.Cl.Cl. The van der Waals surface area contributed by atoms with Crippen molar-refractivity contribution in [2.45, 2.75) is 38.4 Å². The zero-order valence-corrected chi connectivity index (χ0v) is 15.9. The van der Waals surface area contributed by atoms with Gasteiger partial charge in [-0.3, -0.25) is 4.90 Å². The number of rotatable bonds is 5. The van der Waals surface area contributed by atoms with E-state index < -0.39 is 11.7 Å². The van der Waals surface area contributed by atoms with Crippen molar-refractivity contribution in [3.63, 3.8) is 0 Å². The van der Waals surface area contributed by atoms with Gasteiger partial charge in [0.2, 0.25) is 0 Å². The minimum absolute atomic E-state index is 0. The third kappa shape index (κ3) is 6.26. The fraction of sp³-hybridized carbons (Fsp3) is 0.625. The molecule has 0 spiro atoms. The summed E-state index contributed by atoms with van der Waals surface area (Å²) in [6, 6.07) is 4.32. The smallest absolute Gasteiger partial charge is 0.314 e. The molecule has 1 aliphatic heterocycles. The molecule has 0 amide bonds. The van der Waals surface area contributed by atoms with Crippen molar-refractivity contribution in [2.75, 3.05) is 26.2 Å². The van der Waals surface area contributed by atoms with E-state index in [2.05, 4.69) is 17.1 Å². The Labute approximate surface area is 158 Å². The van der Waals surface area contributed by atoms with E-state index in [1.807, 2.05) is 0 Å². The summed E-state index contributed by atoms with van der Waals surface area (Å²) in [7, 11) is 0. The van der Waals surface area contributed by atoms with E-state index in [1.165, 1.54) is 6.07 Å². The molecule has 140 valence electrons. The van der Waals surface area contributed by atoms with Gasteiger partial charge in [-0.2, -0.15) is 13.2 Å². The van der Waals surface area contributed by atoms with Crippen LogP contribution in [0, 0.1) is 0 Å². The summed E-state index contributed by atoms with van der Waals surface area (Å²) in [5.41, 5.74) is 0.126. The Morgan fingerprint density at radius 3 is 2.33 bits per heavy atom. The summed E-state index contributed by atoms with van der Waals surface area (Å²) in [4.78, 5) is 2.34. The standard InChI is InChI=1S/C16H22ClF3N2.2ClH/c1-2-3-4-15(22-9-7-21-8-10-22)12-5-6-13(14(17)11-12)16(18,19)20;;/h5-6,11,15,21H,2-4,7-10H2,1H3;2*1H/t15-;;/m1../s1. The van der Waals surface area contributed by atoms with Crippen LogP contribution in [0.3, 0.4) is 0 Å². The summed E-state index contributed by atoms with van der Waals surface area (Å²) in [6.07, 6.45) is -1.34. The molecule has 1 aliphatic rings. The molecule has 1 N–H and O–H groups in total. The molecule has 1 aromatic carbocycles. The molecule has 1 heterocycles. The van der Waals surface area contributed by atoms with Crippen molar-refractivity contribution in [2.24, 2.45) is 0 Å². The summed E-state index contributed by atoms with van der Waals surface area (Å²) in [5.74, 6) is 0. The van der Waals surface area contributed by atoms with Crippen molar-refractivity contribution in [3.8, 4) is 0 Å². The second-order valence-electron chi connectivity index (χ2n) is 5.68. The number of unbranched alkanes of at least 4 members (excludes halogenated alkanes) is 1. The largest absolute Gasteiger partial charge is 0.417 e. The van der Waals surface area contributed by atoms with Crippen LogP contribution >= 0.6 is 36.4 Å². The average Bonchev–Trinajstić information content (AvgIpc) is 2.47. The lowest BCUT2D eigenvalue weighted by Crippen LogP contribution is -2.45. The third-order valence-electron chi connectivity index (χ3n) is 4.11. The number of nitrogens with zero attached hydrogens (tertiary/aromatic N) is 1. The van der Waals surface area contributed by atoms with E-state index in [1.54, 1.807) is 6.07 Å². The zero-order chi connectivity index (χ0) is 16.2. The molecule has 0 bridgehead atoms. The molecule has 0 saturated carbocycles. The van der Waals surface area contributed by atoms with Gasteiger partial charge in [0, 0.05) is 32.2 Å². The van der Waals surface area contributed by atoms with Crippen molar-refractivity contribution in [1.29, 1.82) is 0 Å². The number of hydrogen-bond donors (Lipinski definition) is 1. The lowest BCUT2D eigenvalue weighted by Gasteiger charge is -2.35. The first-order valence-corrected chi connectivity index (χ1v) is 8.12. The van der Waals surface area contributed by atoms with Crippen molar-refractivity contribution < 1.29 is 13.2 Å². The molecule has 1 atom stereocenters. The van der Waals surface area contributed by atoms with E-state index in [4.69, 9.17) is 11.6 Å². The van der Waals surface area contributed by atoms with Crippen LogP contribution in [0.25, 0.3) is 0 Å². The molecule has 24 heavy (non-hydrogen) atoms. The number of benzene rings is 1. The van der Waals surface area contributed by atoms with E-state index in [0.29, 0.717) is 0 Å². The number of nitrogens with one attached hydrogen (secondary N) is 1. The Balaban J connectivity index is 0.00000264. The van der Waals surface area contributed by atoms with Crippen LogP contribution in [0.1, 0.15) is 43.4 Å². The molecule has 8 heteroatoms. The number of halogens is 6. The number of alkyl halides is 3. The predicted octanol–water partition coefficient (Wildman–Crippen LogP) is 5.34. The maximum Gasteiger partial charge on any atom is 0.417 e. The van der Waals surface area contributed by atoms with Gasteiger partial charge in [-0.1, -0.05) is 37.4 Å². The van der Waals surface area contributed by atoms with Crippen LogP contribution in [-0.2, 0) is 6.18 Å². The molecule has 0 aromatic heterocycles. The highest BCUT2D eigenvalue weighted by molar-refractivity contribution is 6.31. The van der Waals surface area contributed by atoms with Crippen LogP contribution in [0.2, 0.25) is 5.02 Å². The molecular formula is C16H24Cl3F3N2. The van der Waals surface area contributed by atoms with E-state index >= 15 is 0 Å². The van der Waals surface area contributed by atoms with Crippen molar-refractivity contribution in [1.82, 2.24) is 10.2 Å². The first-order valence-electron chi connectivity index (χ1n) is 7.75. The van der Waals surface area contributed by atoms with Gasteiger partial charge in [0.1, 0.15) is 0 Å². The molecule has 1 saturated heterocycles. The molecule has 0 unspecified atom stereocenters. The quantitative estimate of drug-likeness (QED) is 0.709. The van der Waals surface area contributed by atoms with Crippen LogP contribution in [-0.4, -0.2) is 31.1 Å². The van der Waals surface area contributed by atoms with Gasteiger partial charge in [0.25, 0.3) is 0 Å². The Morgan fingerprint density at radius 2 is 1.83 bits per heavy atom. The van der Waals surface area contributed by atoms with Crippen LogP contribution in [0.15, 0.2) is 18.2 Å². The lowest BCUT2D eigenvalue weighted by molar-refractivity contribution is -0.137. The highest BCUT2D eigenvalue weighted by Gasteiger charge is 2.33. The number of piperazine rings is 1. The molecule has 1 fully saturated rings. The van der Waals surface area contributed by atoms with Gasteiger partial charge < -0.3 is 5.32 Å². The average molecular weight is 408 g/mol.